The lowest BCUT2D eigenvalue weighted by atomic mass is 10.1. The first-order chi connectivity index (χ1) is 16.2. The number of carbonyl (C=O) groups excluding carboxylic acids is 2. The van der Waals surface area contributed by atoms with Crippen molar-refractivity contribution >= 4 is 41.0 Å². The summed E-state index contributed by atoms with van der Waals surface area (Å²) in [6, 6.07) is 17.7. The molecule has 0 saturated carbocycles. The van der Waals surface area contributed by atoms with Crippen LogP contribution in [0.3, 0.4) is 0 Å². The van der Waals surface area contributed by atoms with Gasteiger partial charge in [0.2, 0.25) is 5.91 Å². The Bertz CT molecular complexity index is 897. The molecule has 0 bridgehead atoms. The topological polar surface area (TPSA) is 70.7 Å². The molecule has 2 aromatic carbocycles. The maximum atomic E-state index is 12.3. The van der Waals surface area contributed by atoms with Crippen LogP contribution in [0.25, 0.3) is 0 Å². The molecule has 0 aromatic heterocycles. The van der Waals surface area contributed by atoms with Gasteiger partial charge in [-0.25, -0.2) is 0 Å². The van der Waals surface area contributed by atoms with Gasteiger partial charge in [-0.15, -0.1) is 23.5 Å². The second kappa shape index (κ2) is 12.3. The molecule has 0 radical (unpaired) electrons. The lowest BCUT2D eigenvalue weighted by Gasteiger charge is -2.31. The van der Waals surface area contributed by atoms with Crippen molar-refractivity contribution in [1.29, 1.82) is 0 Å². The summed E-state index contributed by atoms with van der Waals surface area (Å²) in [5.74, 6) is 3.05. The Balaban J connectivity index is 1.13. The molecular weight excluding hydrogens is 454 g/mol. The monoisotopic (exact) mass is 485 g/mol. The Morgan fingerprint density at radius 1 is 0.939 bits per heavy atom. The minimum Gasteiger partial charge on any atom is -0.484 e. The van der Waals surface area contributed by atoms with Crippen molar-refractivity contribution in [3.8, 4) is 5.75 Å². The SMILES string of the molecule is O=C(CN1CCC(NC(=O)COc2ccc(C3SCCCS3)cc2)CC1)Nc1ccccc1. The molecule has 176 valence electrons. The third kappa shape index (κ3) is 7.69. The van der Waals surface area contributed by atoms with Crippen LogP contribution < -0.4 is 15.4 Å². The number of rotatable bonds is 8. The number of piperidine rings is 1. The summed E-state index contributed by atoms with van der Waals surface area (Å²) in [5.41, 5.74) is 2.12. The van der Waals surface area contributed by atoms with Gasteiger partial charge in [-0.05, 0) is 60.6 Å². The Morgan fingerprint density at radius 3 is 2.33 bits per heavy atom. The van der Waals surface area contributed by atoms with Crippen molar-refractivity contribution in [3.63, 3.8) is 0 Å². The highest BCUT2D eigenvalue weighted by Gasteiger charge is 2.22. The fraction of sp³-hybridized carbons (Fsp3) is 0.440. The van der Waals surface area contributed by atoms with Gasteiger partial charge in [-0.1, -0.05) is 30.3 Å². The molecule has 0 atom stereocenters. The minimum absolute atomic E-state index is 0.0104. The smallest absolute Gasteiger partial charge is 0.258 e. The van der Waals surface area contributed by atoms with Gasteiger partial charge in [0, 0.05) is 24.8 Å². The molecule has 4 rings (SSSR count). The average Bonchev–Trinajstić information content (AvgIpc) is 2.85. The van der Waals surface area contributed by atoms with Crippen LogP contribution in [0.1, 0.15) is 29.4 Å². The van der Waals surface area contributed by atoms with Crippen LogP contribution in [0.15, 0.2) is 54.6 Å². The fourth-order valence-electron chi connectivity index (χ4n) is 3.98. The summed E-state index contributed by atoms with van der Waals surface area (Å²) in [4.78, 5) is 26.7. The predicted molar refractivity (Wildman–Crippen MR) is 137 cm³/mol. The van der Waals surface area contributed by atoms with E-state index in [9.17, 15) is 9.59 Å². The molecule has 33 heavy (non-hydrogen) atoms. The normalized spacial score (nSPS) is 17.9. The van der Waals surface area contributed by atoms with Crippen molar-refractivity contribution in [3.05, 3.63) is 60.2 Å². The number of carbonyl (C=O) groups is 2. The van der Waals surface area contributed by atoms with Crippen molar-refractivity contribution in [2.24, 2.45) is 0 Å². The van der Waals surface area contributed by atoms with E-state index in [2.05, 4.69) is 27.7 Å². The minimum atomic E-state index is -0.0993. The Hall–Kier alpha value is -2.16. The second-order valence-electron chi connectivity index (χ2n) is 8.32. The van der Waals surface area contributed by atoms with Gasteiger partial charge in [0.05, 0.1) is 11.1 Å². The zero-order valence-corrected chi connectivity index (χ0v) is 20.3. The van der Waals surface area contributed by atoms with Crippen LogP contribution in [0.5, 0.6) is 5.75 Å². The number of thioether (sulfide) groups is 2. The summed E-state index contributed by atoms with van der Waals surface area (Å²) < 4.78 is 6.20. The summed E-state index contributed by atoms with van der Waals surface area (Å²) in [6.07, 6.45) is 2.94. The van der Waals surface area contributed by atoms with Gasteiger partial charge in [-0.2, -0.15) is 0 Å². The van der Waals surface area contributed by atoms with E-state index in [0.717, 1.165) is 37.4 Å². The number of amides is 2. The maximum Gasteiger partial charge on any atom is 0.258 e. The maximum absolute atomic E-state index is 12.3. The Labute approximate surface area is 204 Å². The molecule has 2 heterocycles. The molecule has 2 N–H and O–H groups in total. The third-order valence-corrected chi connectivity index (χ3v) is 8.74. The quantitative estimate of drug-likeness (QED) is 0.585. The van der Waals surface area contributed by atoms with E-state index in [4.69, 9.17) is 4.74 Å². The van der Waals surface area contributed by atoms with E-state index in [0.29, 0.717) is 11.1 Å². The molecule has 6 nitrogen and oxygen atoms in total. The fourth-order valence-corrected chi connectivity index (χ4v) is 6.87. The van der Waals surface area contributed by atoms with Crippen LogP contribution >= 0.6 is 23.5 Å². The summed E-state index contributed by atoms with van der Waals surface area (Å²) in [5, 5.41) is 5.99. The molecule has 0 unspecified atom stereocenters. The van der Waals surface area contributed by atoms with E-state index < -0.39 is 0 Å². The molecule has 2 saturated heterocycles. The van der Waals surface area contributed by atoms with Crippen LogP contribution in [-0.4, -0.2) is 60.5 Å². The highest BCUT2D eigenvalue weighted by molar-refractivity contribution is 8.16. The standard InChI is InChI=1S/C25H31N3O3S2/c29-23(26-20-5-2-1-3-6-20)17-28-13-11-21(12-14-28)27-24(30)18-31-22-9-7-19(8-10-22)25-32-15-4-16-33-25/h1-3,5-10,21,25H,4,11-18H2,(H,26,29)(H,27,30). The zero-order valence-electron chi connectivity index (χ0n) is 18.7. The Kier molecular flexibility index (Phi) is 8.97. The number of para-hydroxylation sites is 1. The van der Waals surface area contributed by atoms with E-state index in [1.54, 1.807) is 0 Å². The summed E-state index contributed by atoms with van der Waals surface area (Å²) in [6.45, 7) is 1.96. The third-order valence-electron chi connectivity index (χ3n) is 5.73. The van der Waals surface area contributed by atoms with Crippen LogP contribution in [0.4, 0.5) is 5.69 Å². The van der Waals surface area contributed by atoms with E-state index in [-0.39, 0.29) is 24.5 Å². The molecule has 2 amide bonds. The molecule has 0 spiro atoms. The number of hydrogen-bond donors (Lipinski definition) is 2. The first-order valence-corrected chi connectivity index (χ1v) is 13.6. The summed E-state index contributed by atoms with van der Waals surface area (Å²) >= 11 is 3.99. The average molecular weight is 486 g/mol. The van der Waals surface area contributed by atoms with Gasteiger partial charge in [-0.3, -0.25) is 14.5 Å². The van der Waals surface area contributed by atoms with Crippen LogP contribution in [0.2, 0.25) is 0 Å². The number of nitrogens with zero attached hydrogens (tertiary/aromatic N) is 1. The van der Waals surface area contributed by atoms with Crippen LogP contribution in [-0.2, 0) is 9.59 Å². The van der Waals surface area contributed by atoms with Gasteiger partial charge in [0.1, 0.15) is 5.75 Å². The highest BCUT2D eigenvalue weighted by atomic mass is 32.2. The lowest BCUT2D eigenvalue weighted by Crippen LogP contribution is -2.47. The lowest BCUT2D eigenvalue weighted by molar-refractivity contribution is -0.124. The number of hydrogen-bond acceptors (Lipinski definition) is 6. The first-order valence-electron chi connectivity index (χ1n) is 11.5. The number of anilines is 1. The number of likely N-dealkylation sites (tertiary alicyclic amines) is 1. The summed E-state index contributed by atoms with van der Waals surface area (Å²) in [7, 11) is 0. The van der Waals surface area contributed by atoms with Crippen molar-refractivity contribution in [1.82, 2.24) is 10.2 Å². The Morgan fingerprint density at radius 2 is 1.64 bits per heavy atom. The van der Waals surface area contributed by atoms with Crippen molar-refractivity contribution < 1.29 is 14.3 Å². The molecule has 2 fully saturated rings. The molecule has 2 aromatic rings. The zero-order chi connectivity index (χ0) is 22.9. The largest absolute Gasteiger partial charge is 0.484 e. The molecule has 8 heteroatoms. The first kappa shape index (κ1) is 24.0. The van der Waals surface area contributed by atoms with E-state index in [1.807, 2.05) is 66.0 Å². The molecule has 0 aliphatic carbocycles. The van der Waals surface area contributed by atoms with Gasteiger partial charge >= 0.3 is 0 Å². The molecule has 2 aliphatic heterocycles. The molecule has 2 aliphatic rings. The van der Waals surface area contributed by atoms with E-state index in [1.165, 1.54) is 23.5 Å². The molecular formula is C25H31N3O3S2. The van der Waals surface area contributed by atoms with Crippen molar-refractivity contribution in [2.75, 3.05) is 43.1 Å². The second-order valence-corrected chi connectivity index (χ2v) is 11.0. The number of nitrogens with one attached hydrogen (secondary N) is 2. The van der Waals surface area contributed by atoms with Crippen LogP contribution in [0, 0.1) is 0 Å². The number of benzene rings is 2. The van der Waals surface area contributed by atoms with Crippen molar-refractivity contribution in [2.45, 2.75) is 29.9 Å². The predicted octanol–water partition coefficient (Wildman–Crippen LogP) is 4.15. The highest BCUT2D eigenvalue weighted by Crippen LogP contribution is 2.43. The van der Waals surface area contributed by atoms with Gasteiger partial charge in [0.15, 0.2) is 6.61 Å². The van der Waals surface area contributed by atoms with Gasteiger partial charge in [0.25, 0.3) is 5.91 Å². The van der Waals surface area contributed by atoms with Gasteiger partial charge < -0.3 is 15.4 Å². The number of ether oxygens (including phenoxy) is 1. The van der Waals surface area contributed by atoms with E-state index >= 15 is 0 Å².